The number of likely N-dealkylation sites (N-methyl/N-ethyl adjacent to an activating group) is 1. The van der Waals surface area contributed by atoms with Crippen molar-refractivity contribution in [2.45, 2.75) is 11.3 Å². The Kier molecular flexibility index (Phi) is 4.05. The first-order valence-corrected chi connectivity index (χ1v) is 7.49. The van der Waals surface area contributed by atoms with Crippen LogP contribution in [0.25, 0.3) is 0 Å². The first kappa shape index (κ1) is 14.5. The Hall–Kier alpha value is -1.93. The normalized spacial score (nSPS) is 11.9. The summed E-state index contributed by atoms with van der Waals surface area (Å²) in [6.45, 7) is 0.362. The van der Waals surface area contributed by atoms with Gasteiger partial charge in [-0.05, 0) is 24.1 Å². The van der Waals surface area contributed by atoms with Gasteiger partial charge in [0.25, 0.3) is 0 Å². The largest absolute Gasteiger partial charge is 0.381 e. The SMILES string of the molecule is CN(CCc1ccncc1)S(=O)(=O)c1cn(C)nc1N. The predicted octanol–water partition coefficient (Wildman–Crippen LogP) is 0.260. The van der Waals surface area contributed by atoms with E-state index in [1.807, 2.05) is 12.1 Å². The second kappa shape index (κ2) is 5.59. The molecule has 0 unspecified atom stereocenters. The number of hydrogen-bond donors (Lipinski definition) is 1. The van der Waals surface area contributed by atoms with E-state index in [9.17, 15) is 8.42 Å². The van der Waals surface area contributed by atoms with Gasteiger partial charge in [-0.3, -0.25) is 9.67 Å². The molecule has 108 valence electrons. The summed E-state index contributed by atoms with van der Waals surface area (Å²) in [4.78, 5) is 3.96. The maximum absolute atomic E-state index is 12.4. The number of nitrogen functional groups attached to an aromatic ring is 1. The van der Waals surface area contributed by atoms with Crippen LogP contribution in [0.2, 0.25) is 0 Å². The van der Waals surface area contributed by atoms with Crippen LogP contribution in [0.1, 0.15) is 5.56 Å². The summed E-state index contributed by atoms with van der Waals surface area (Å²) in [7, 11) is -0.448. The summed E-state index contributed by atoms with van der Waals surface area (Å²) >= 11 is 0. The highest BCUT2D eigenvalue weighted by atomic mass is 32.2. The summed E-state index contributed by atoms with van der Waals surface area (Å²) in [6, 6.07) is 3.72. The predicted molar refractivity (Wildman–Crippen MR) is 75.4 cm³/mol. The number of pyridine rings is 1. The highest BCUT2D eigenvalue weighted by Crippen LogP contribution is 2.19. The van der Waals surface area contributed by atoms with Gasteiger partial charge in [0.15, 0.2) is 5.82 Å². The second-order valence-electron chi connectivity index (χ2n) is 4.48. The lowest BCUT2D eigenvalue weighted by molar-refractivity contribution is 0.472. The van der Waals surface area contributed by atoms with Gasteiger partial charge in [0, 0.05) is 39.2 Å². The van der Waals surface area contributed by atoms with Crippen molar-refractivity contribution in [3.05, 3.63) is 36.3 Å². The van der Waals surface area contributed by atoms with Crippen molar-refractivity contribution in [1.82, 2.24) is 19.1 Å². The van der Waals surface area contributed by atoms with Gasteiger partial charge in [-0.25, -0.2) is 12.7 Å². The number of rotatable bonds is 5. The zero-order chi connectivity index (χ0) is 14.8. The first-order valence-electron chi connectivity index (χ1n) is 6.05. The Labute approximate surface area is 118 Å². The first-order chi connectivity index (χ1) is 9.41. The molecule has 0 bridgehead atoms. The third-order valence-corrected chi connectivity index (χ3v) is 4.85. The summed E-state index contributed by atoms with van der Waals surface area (Å²) in [5.74, 6) is 0.0169. The molecule has 0 aliphatic rings. The number of anilines is 1. The van der Waals surface area contributed by atoms with Crippen LogP contribution in [0.5, 0.6) is 0 Å². The molecule has 2 N–H and O–H groups in total. The van der Waals surface area contributed by atoms with Crippen LogP contribution in [0.4, 0.5) is 5.82 Å². The Balaban J connectivity index is 2.12. The molecule has 0 spiro atoms. The molecule has 2 aromatic rings. The fraction of sp³-hybridized carbons (Fsp3) is 0.333. The minimum Gasteiger partial charge on any atom is -0.381 e. The van der Waals surface area contributed by atoms with Crippen LogP contribution in [0.3, 0.4) is 0 Å². The monoisotopic (exact) mass is 295 g/mol. The van der Waals surface area contributed by atoms with Crippen molar-refractivity contribution in [1.29, 1.82) is 0 Å². The number of sulfonamides is 1. The maximum atomic E-state index is 12.4. The summed E-state index contributed by atoms with van der Waals surface area (Å²) in [6.07, 6.45) is 5.39. The van der Waals surface area contributed by atoms with Gasteiger partial charge in [-0.1, -0.05) is 0 Å². The van der Waals surface area contributed by atoms with Crippen LogP contribution in [0.15, 0.2) is 35.6 Å². The fourth-order valence-electron chi connectivity index (χ4n) is 1.81. The fourth-order valence-corrected chi connectivity index (χ4v) is 3.07. The van der Waals surface area contributed by atoms with E-state index in [0.29, 0.717) is 13.0 Å². The van der Waals surface area contributed by atoms with Crippen LogP contribution < -0.4 is 5.73 Å². The van der Waals surface area contributed by atoms with Crippen molar-refractivity contribution in [3.63, 3.8) is 0 Å². The molecule has 0 radical (unpaired) electrons. The maximum Gasteiger partial charge on any atom is 0.248 e. The molecule has 0 saturated carbocycles. The van der Waals surface area contributed by atoms with Crippen molar-refractivity contribution in [2.24, 2.45) is 7.05 Å². The molecule has 0 aliphatic heterocycles. The highest BCUT2D eigenvalue weighted by molar-refractivity contribution is 7.89. The molecule has 0 atom stereocenters. The molecule has 2 heterocycles. The van der Waals surface area contributed by atoms with E-state index in [1.54, 1.807) is 19.4 Å². The van der Waals surface area contributed by atoms with Crippen molar-refractivity contribution in [2.75, 3.05) is 19.3 Å². The average molecular weight is 295 g/mol. The molecule has 2 aromatic heterocycles. The lowest BCUT2D eigenvalue weighted by Crippen LogP contribution is -2.29. The number of nitrogens with zero attached hydrogens (tertiary/aromatic N) is 4. The Morgan fingerprint density at radius 2 is 2.00 bits per heavy atom. The molecule has 8 heteroatoms. The quantitative estimate of drug-likeness (QED) is 0.854. The Morgan fingerprint density at radius 1 is 1.35 bits per heavy atom. The van der Waals surface area contributed by atoms with Crippen LogP contribution in [-0.2, 0) is 23.5 Å². The second-order valence-corrected chi connectivity index (χ2v) is 6.50. The number of aryl methyl sites for hydroxylation is 1. The molecule has 0 fully saturated rings. The van der Waals surface area contributed by atoms with Gasteiger partial charge in [0.05, 0.1) is 0 Å². The molecule has 0 aliphatic carbocycles. The van der Waals surface area contributed by atoms with Gasteiger partial charge in [0.2, 0.25) is 10.0 Å². The van der Waals surface area contributed by atoms with Gasteiger partial charge in [-0.15, -0.1) is 0 Å². The molecule has 0 aromatic carbocycles. The lowest BCUT2D eigenvalue weighted by Gasteiger charge is -2.16. The highest BCUT2D eigenvalue weighted by Gasteiger charge is 2.25. The van der Waals surface area contributed by atoms with Gasteiger partial charge >= 0.3 is 0 Å². The third-order valence-electron chi connectivity index (χ3n) is 2.97. The Morgan fingerprint density at radius 3 is 2.55 bits per heavy atom. The van der Waals surface area contributed by atoms with E-state index in [4.69, 9.17) is 5.73 Å². The summed E-state index contributed by atoms with van der Waals surface area (Å²) in [5.41, 5.74) is 6.66. The smallest absolute Gasteiger partial charge is 0.248 e. The number of hydrogen-bond acceptors (Lipinski definition) is 5. The Bertz CT molecular complexity index is 681. The number of nitrogens with two attached hydrogens (primary N) is 1. The van der Waals surface area contributed by atoms with Crippen molar-refractivity contribution < 1.29 is 8.42 Å². The van der Waals surface area contributed by atoms with Gasteiger partial charge < -0.3 is 5.73 Å². The third kappa shape index (κ3) is 2.97. The van der Waals surface area contributed by atoms with Gasteiger partial charge in [0.1, 0.15) is 4.90 Å². The van der Waals surface area contributed by atoms with Crippen molar-refractivity contribution in [3.8, 4) is 0 Å². The molecule has 2 rings (SSSR count). The minimum absolute atomic E-state index is 0.0169. The van der Waals surface area contributed by atoms with Crippen LogP contribution >= 0.6 is 0 Å². The van der Waals surface area contributed by atoms with Crippen LogP contribution in [0, 0.1) is 0 Å². The standard InChI is InChI=1S/C12H17N5O2S/c1-16-9-11(12(13)15-16)20(18,19)17(2)8-5-10-3-6-14-7-4-10/h3-4,6-7,9H,5,8H2,1-2H3,(H2,13,15). The van der Waals surface area contributed by atoms with E-state index in [1.165, 1.54) is 22.2 Å². The summed E-state index contributed by atoms with van der Waals surface area (Å²) < 4.78 is 27.4. The summed E-state index contributed by atoms with van der Waals surface area (Å²) in [5, 5.41) is 3.86. The molecule has 7 nitrogen and oxygen atoms in total. The topological polar surface area (TPSA) is 94.1 Å². The van der Waals surface area contributed by atoms with Crippen molar-refractivity contribution >= 4 is 15.8 Å². The van der Waals surface area contributed by atoms with Gasteiger partial charge in [-0.2, -0.15) is 5.10 Å². The molecule has 0 amide bonds. The van der Waals surface area contributed by atoms with E-state index in [2.05, 4.69) is 10.1 Å². The zero-order valence-corrected chi connectivity index (χ0v) is 12.2. The van der Waals surface area contributed by atoms with E-state index in [0.717, 1.165) is 5.56 Å². The molecular formula is C12H17N5O2S. The molecule has 20 heavy (non-hydrogen) atoms. The molecule has 0 saturated heterocycles. The molecular weight excluding hydrogens is 278 g/mol. The van der Waals surface area contributed by atoms with Crippen LogP contribution in [-0.4, -0.2) is 41.1 Å². The average Bonchev–Trinajstić information content (AvgIpc) is 2.77. The number of aromatic nitrogens is 3. The van der Waals surface area contributed by atoms with E-state index >= 15 is 0 Å². The lowest BCUT2D eigenvalue weighted by atomic mass is 10.2. The van der Waals surface area contributed by atoms with E-state index in [-0.39, 0.29) is 10.7 Å². The zero-order valence-electron chi connectivity index (χ0n) is 11.4. The van der Waals surface area contributed by atoms with E-state index < -0.39 is 10.0 Å². The minimum atomic E-state index is -3.61.